The van der Waals surface area contributed by atoms with Gasteiger partial charge >= 0.3 is 0 Å². The quantitative estimate of drug-likeness (QED) is 0.806. The number of nitrogens with one attached hydrogen (secondary N) is 1. The molecule has 4 rings (SSSR count). The van der Waals surface area contributed by atoms with Gasteiger partial charge in [0.25, 0.3) is 0 Å². The van der Waals surface area contributed by atoms with Crippen LogP contribution in [0.5, 0.6) is 0 Å². The molecular formula is C20H31N4OS+. The first-order chi connectivity index (χ1) is 12.8. The maximum Gasteiger partial charge on any atom is 0.187 e. The number of rotatable bonds is 7. The van der Waals surface area contributed by atoms with Crippen molar-refractivity contribution in [3.63, 3.8) is 0 Å². The van der Waals surface area contributed by atoms with Crippen LogP contribution in [0, 0.1) is 0 Å². The van der Waals surface area contributed by atoms with E-state index in [1.807, 2.05) is 11.3 Å². The van der Waals surface area contributed by atoms with Gasteiger partial charge in [-0.25, -0.2) is 9.97 Å². The second kappa shape index (κ2) is 8.19. The first-order valence-corrected chi connectivity index (χ1v) is 11.1. The molecule has 5 nitrogen and oxygen atoms in total. The summed E-state index contributed by atoms with van der Waals surface area (Å²) in [5.74, 6) is 2.22. The highest BCUT2D eigenvalue weighted by Gasteiger charge is 2.25. The maximum atomic E-state index is 5.50. The summed E-state index contributed by atoms with van der Waals surface area (Å²) < 4.78 is 5.50. The number of fused-ring (bicyclic) bond motifs is 3. The zero-order valence-corrected chi connectivity index (χ0v) is 17.0. The van der Waals surface area contributed by atoms with Gasteiger partial charge in [0.05, 0.1) is 18.6 Å². The fraction of sp³-hybridized carbons (Fsp3) is 0.700. The van der Waals surface area contributed by atoms with E-state index in [1.54, 1.807) is 15.3 Å². The van der Waals surface area contributed by atoms with Gasteiger partial charge in [-0.3, -0.25) is 0 Å². The van der Waals surface area contributed by atoms with Crippen molar-refractivity contribution in [1.82, 2.24) is 9.97 Å². The molecule has 26 heavy (non-hydrogen) atoms. The van der Waals surface area contributed by atoms with E-state index in [4.69, 9.17) is 14.7 Å². The normalized spacial score (nSPS) is 17.8. The Kier molecular flexibility index (Phi) is 5.72. The first kappa shape index (κ1) is 18.1. The summed E-state index contributed by atoms with van der Waals surface area (Å²) in [6.45, 7) is 11.4. The molecule has 0 unspecified atom stereocenters. The third-order valence-corrected chi connectivity index (χ3v) is 6.85. The number of nitrogens with zero attached hydrogens (tertiary/aromatic N) is 3. The molecule has 1 saturated heterocycles. The number of thiophene rings is 1. The highest BCUT2D eigenvalue weighted by atomic mass is 32.1. The molecule has 1 aliphatic carbocycles. The van der Waals surface area contributed by atoms with Crippen molar-refractivity contribution in [2.45, 2.75) is 52.5 Å². The molecule has 0 aromatic carbocycles. The van der Waals surface area contributed by atoms with Crippen molar-refractivity contribution in [1.29, 1.82) is 0 Å². The Morgan fingerprint density at radius 3 is 2.77 bits per heavy atom. The SMILES string of the molecule is CCCCN(CC)c1nc(C[NH+]2CCOCC2)nc2sc3c(c12)CCC3. The Balaban J connectivity index is 1.72. The molecular weight excluding hydrogens is 344 g/mol. The summed E-state index contributed by atoms with van der Waals surface area (Å²) in [5.41, 5.74) is 1.54. The van der Waals surface area contributed by atoms with Crippen molar-refractivity contribution in [2.24, 2.45) is 0 Å². The number of ether oxygens (including phenoxy) is 1. The summed E-state index contributed by atoms with van der Waals surface area (Å²) in [6, 6.07) is 0. The van der Waals surface area contributed by atoms with E-state index in [9.17, 15) is 0 Å². The number of morpholine rings is 1. The second-order valence-electron chi connectivity index (χ2n) is 7.47. The van der Waals surface area contributed by atoms with Gasteiger partial charge in [0.1, 0.15) is 30.3 Å². The van der Waals surface area contributed by atoms with Crippen molar-refractivity contribution in [3.8, 4) is 0 Å². The molecule has 0 spiro atoms. The van der Waals surface area contributed by atoms with Crippen LogP contribution in [0.25, 0.3) is 10.2 Å². The lowest BCUT2D eigenvalue weighted by Crippen LogP contribution is -3.12. The summed E-state index contributed by atoms with van der Waals surface area (Å²) in [7, 11) is 0. The molecule has 2 aromatic heterocycles. The lowest BCUT2D eigenvalue weighted by atomic mass is 10.1. The summed E-state index contributed by atoms with van der Waals surface area (Å²) in [6.07, 6.45) is 6.15. The Bertz CT molecular complexity index is 754. The molecule has 6 heteroatoms. The third-order valence-electron chi connectivity index (χ3n) is 5.66. The zero-order chi connectivity index (χ0) is 17.9. The molecule has 142 valence electrons. The van der Waals surface area contributed by atoms with Crippen LogP contribution in [0.1, 0.15) is 49.4 Å². The summed E-state index contributed by atoms with van der Waals surface area (Å²) in [5, 5.41) is 1.36. The van der Waals surface area contributed by atoms with E-state index in [1.165, 1.54) is 48.1 Å². The molecule has 0 atom stereocenters. The van der Waals surface area contributed by atoms with E-state index in [-0.39, 0.29) is 0 Å². The highest BCUT2D eigenvalue weighted by Crippen LogP contribution is 2.40. The standard InChI is InChI=1S/C20H30N4OS/c1-3-5-9-24(4-2)19-18-15-7-6-8-16(15)26-20(18)22-17(21-19)14-23-10-12-25-13-11-23/h3-14H2,1-2H3/p+1. The molecule has 0 bridgehead atoms. The van der Waals surface area contributed by atoms with Gasteiger partial charge in [0, 0.05) is 18.0 Å². The van der Waals surface area contributed by atoms with Crippen LogP contribution in [0.4, 0.5) is 5.82 Å². The van der Waals surface area contributed by atoms with Gasteiger partial charge < -0.3 is 14.5 Å². The Labute approximate surface area is 160 Å². The van der Waals surface area contributed by atoms with Gasteiger partial charge in [-0.15, -0.1) is 11.3 Å². The zero-order valence-electron chi connectivity index (χ0n) is 16.1. The monoisotopic (exact) mass is 375 g/mol. The molecule has 1 N–H and O–H groups in total. The van der Waals surface area contributed by atoms with Gasteiger partial charge in [-0.1, -0.05) is 13.3 Å². The minimum atomic E-state index is 0.856. The maximum absolute atomic E-state index is 5.50. The molecule has 0 saturated carbocycles. The second-order valence-corrected chi connectivity index (χ2v) is 8.56. The first-order valence-electron chi connectivity index (χ1n) is 10.3. The molecule has 2 aliphatic rings. The fourth-order valence-electron chi connectivity index (χ4n) is 4.15. The smallest absolute Gasteiger partial charge is 0.187 e. The van der Waals surface area contributed by atoms with E-state index in [0.717, 1.165) is 51.8 Å². The van der Waals surface area contributed by atoms with Crippen LogP contribution in [-0.2, 0) is 24.1 Å². The molecule has 0 amide bonds. The number of quaternary nitrogens is 1. The van der Waals surface area contributed by atoms with Gasteiger partial charge in [0.2, 0.25) is 0 Å². The van der Waals surface area contributed by atoms with Crippen molar-refractivity contribution < 1.29 is 9.64 Å². The minimum absolute atomic E-state index is 0.856. The molecule has 1 fully saturated rings. The van der Waals surface area contributed by atoms with Gasteiger partial charge in [-0.05, 0) is 38.2 Å². The van der Waals surface area contributed by atoms with E-state index in [2.05, 4.69) is 18.7 Å². The van der Waals surface area contributed by atoms with Crippen LogP contribution >= 0.6 is 11.3 Å². The molecule has 3 heterocycles. The number of hydrogen-bond donors (Lipinski definition) is 1. The lowest BCUT2D eigenvalue weighted by molar-refractivity contribution is -0.922. The molecule has 2 aromatic rings. The highest BCUT2D eigenvalue weighted by molar-refractivity contribution is 7.19. The van der Waals surface area contributed by atoms with Crippen LogP contribution in [0.15, 0.2) is 0 Å². The van der Waals surface area contributed by atoms with E-state index >= 15 is 0 Å². The average Bonchev–Trinajstić information content (AvgIpc) is 3.24. The number of anilines is 1. The predicted molar refractivity (Wildman–Crippen MR) is 107 cm³/mol. The molecule has 0 radical (unpaired) electrons. The minimum Gasteiger partial charge on any atom is -0.370 e. The van der Waals surface area contributed by atoms with Crippen LogP contribution < -0.4 is 9.80 Å². The predicted octanol–water partition coefficient (Wildman–Crippen LogP) is 2.22. The Hall–Kier alpha value is -1.24. The third kappa shape index (κ3) is 3.59. The number of hydrogen-bond acceptors (Lipinski definition) is 5. The van der Waals surface area contributed by atoms with Crippen molar-refractivity contribution >= 4 is 27.4 Å². The number of aryl methyl sites for hydroxylation is 2. The van der Waals surface area contributed by atoms with Gasteiger partial charge in [-0.2, -0.15) is 0 Å². The number of unbranched alkanes of at least 4 members (excludes halogenated alkanes) is 1. The van der Waals surface area contributed by atoms with Crippen LogP contribution in [0.3, 0.4) is 0 Å². The molecule has 1 aliphatic heterocycles. The summed E-state index contributed by atoms with van der Waals surface area (Å²) in [4.78, 5) is 16.9. The van der Waals surface area contributed by atoms with Crippen LogP contribution in [0.2, 0.25) is 0 Å². The summed E-state index contributed by atoms with van der Waals surface area (Å²) >= 11 is 1.92. The van der Waals surface area contributed by atoms with E-state index in [0.29, 0.717) is 0 Å². The Morgan fingerprint density at radius 2 is 2.00 bits per heavy atom. The number of aromatic nitrogens is 2. The van der Waals surface area contributed by atoms with E-state index < -0.39 is 0 Å². The van der Waals surface area contributed by atoms with Crippen LogP contribution in [-0.4, -0.2) is 49.4 Å². The van der Waals surface area contributed by atoms with Gasteiger partial charge in [0.15, 0.2) is 5.82 Å². The van der Waals surface area contributed by atoms with Crippen molar-refractivity contribution in [3.05, 3.63) is 16.3 Å². The fourth-order valence-corrected chi connectivity index (χ4v) is 5.43. The largest absolute Gasteiger partial charge is 0.370 e. The average molecular weight is 376 g/mol. The topological polar surface area (TPSA) is 42.7 Å². The lowest BCUT2D eigenvalue weighted by Gasteiger charge is -2.25. The van der Waals surface area contributed by atoms with Crippen molar-refractivity contribution in [2.75, 3.05) is 44.3 Å². The Morgan fingerprint density at radius 1 is 1.15 bits per heavy atom.